The summed E-state index contributed by atoms with van der Waals surface area (Å²) in [5.74, 6) is -2.67. The van der Waals surface area contributed by atoms with Gasteiger partial charge in [0.2, 0.25) is 17.7 Å². The lowest BCUT2D eigenvalue weighted by atomic mass is 9.93. The minimum absolute atomic E-state index is 0.818. The van der Waals surface area contributed by atoms with E-state index in [0.29, 0.717) is 0 Å². The Bertz CT molecular complexity index is 2490. The van der Waals surface area contributed by atoms with Gasteiger partial charge in [-0.05, 0) is 6.92 Å². The van der Waals surface area contributed by atoms with E-state index in [4.69, 9.17) is 71.1 Å². The molecule has 43 nitrogen and oxygen atoms in total. The maximum atomic E-state index is 13.1. The van der Waals surface area contributed by atoms with Gasteiger partial charge in [0.05, 0.1) is 52.4 Å². The first-order valence-corrected chi connectivity index (χ1v) is 31.0. The Hall–Kier alpha value is -3.07. The highest BCUT2D eigenvalue weighted by Gasteiger charge is 2.60. The smallest absolute Gasteiger partial charge is 0.217 e. The molecule has 8 aliphatic rings. The summed E-state index contributed by atoms with van der Waals surface area (Å²) in [4.78, 5) is 38.4. The molecule has 0 aromatic rings. The summed E-state index contributed by atoms with van der Waals surface area (Å²) in [6.45, 7) is -3.08. The Balaban J connectivity index is 1.11. The van der Waals surface area contributed by atoms with Gasteiger partial charge in [0, 0.05) is 20.8 Å². The van der Waals surface area contributed by atoms with Gasteiger partial charge >= 0.3 is 0 Å². The summed E-state index contributed by atoms with van der Waals surface area (Å²) in [5, 5.41) is 248. The number of ether oxygens (including phenoxy) is 15. The summed E-state index contributed by atoms with van der Waals surface area (Å²) in [7, 11) is 0. The number of nitrogens with one attached hydrogen (secondary N) is 3. The number of aliphatic hydroxyl groups is 22. The average molecular weight is 1420 g/mol. The average Bonchev–Trinajstić information content (AvgIpc) is 0.790. The predicted octanol–water partition coefficient (Wildman–Crippen LogP) is -17.0. The van der Waals surface area contributed by atoms with Gasteiger partial charge in [-0.25, -0.2) is 0 Å². The van der Waals surface area contributed by atoms with E-state index in [-0.39, 0.29) is 0 Å². The van der Waals surface area contributed by atoms with E-state index in [1.54, 1.807) is 0 Å². The van der Waals surface area contributed by atoms with E-state index in [9.17, 15) is 127 Å². The van der Waals surface area contributed by atoms with Gasteiger partial charge in [0.25, 0.3) is 0 Å². The second kappa shape index (κ2) is 34.5. The van der Waals surface area contributed by atoms with Gasteiger partial charge in [-0.2, -0.15) is 0 Å². The van der Waals surface area contributed by atoms with Crippen molar-refractivity contribution >= 4 is 17.7 Å². The van der Waals surface area contributed by atoms with E-state index in [1.807, 2.05) is 0 Å². The predicted molar refractivity (Wildman–Crippen MR) is 298 cm³/mol. The second-order valence-electron chi connectivity index (χ2n) is 24.6. The molecule has 8 saturated heterocycles. The third-order valence-corrected chi connectivity index (χ3v) is 17.8. The van der Waals surface area contributed by atoms with Crippen molar-refractivity contribution in [3.05, 3.63) is 0 Å². The van der Waals surface area contributed by atoms with Gasteiger partial charge in [0.1, 0.15) is 189 Å². The molecule has 25 N–H and O–H groups in total. The first kappa shape index (κ1) is 79.6. The molecule has 40 atom stereocenters. The molecule has 8 aliphatic heterocycles. The molecule has 0 spiro atoms. The lowest BCUT2D eigenvalue weighted by Gasteiger charge is -2.51. The largest absolute Gasteiger partial charge is 0.394 e. The molecule has 0 aromatic heterocycles. The zero-order valence-corrected chi connectivity index (χ0v) is 52.2. The van der Waals surface area contributed by atoms with Crippen molar-refractivity contribution in [3.63, 3.8) is 0 Å². The number of carbonyl (C=O) groups is 3. The van der Waals surface area contributed by atoms with Gasteiger partial charge in [-0.3, -0.25) is 14.4 Å². The lowest BCUT2D eigenvalue weighted by Crippen LogP contribution is -2.71. The quantitative estimate of drug-likeness (QED) is 0.0427. The third kappa shape index (κ3) is 17.4. The number of amides is 3. The van der Waals surface area contributed by atoms with Crippen molar-refractivity contribution < 1.29 is 198 Å². The van der Waals surface area contributed by atoms with Gasteiger partial charge in [-0.15, -0.1) is 0 Å². The molecule has 0 saturated carbocycles. The second-order valence-corrected chi connectivity index (χ2v) is 24.6. The van der Waals surface area contributed by atoms with Crippen LogP contribution in [0.15, 0.2) is 0 Å². The van der Waals surface area contributed by atoms with Crippen molar-refractivity contribution in [2.45, 2.75) is 273 Å². The van der Waals surface area contributed by atoms with Crippen molar-refractivity contribution in [2.75, 3.05) is 46.2 Å². The summed E-state index contributed by atoms with van der Waals surface area (Å²) < 4.78 is 88.3. The molecular formula is C54H91N3O40. The molecule has 0 bridgehead atoms. The van der Waals surface area contributed by atoms with Crippen LogP contribution in [0.4, 0.5) is 0 Å². The number of hydrogen-bond donors (Lipinski definition) is 25. The maximum Gasteiger partial charge on any atom is 0.217 e. The fourth-order valence-corrected chi connectivity index (χ4v) is 12.5. The van der Waals surface area contributed by atoms with Crippen LogP contribution < -0.4 is 16.0 Å². The SMILES string of the molecule is CC(=O)N[C@@H]1[C@@H](O[C@@H]2O[C@@H](C)[C@@H](O)[C@@H](O)[C@@H]2O)[C@H](O[C@@H]2O[C@H](CO)[C@@H](O[C@@H]3O[C@H](CO[C@H]4O[C@H](CO)[C@@H](O)[C@H](O)[C@@H]4O)[C@@H](O)[C@H](O[C@H]4O[C@H](CO)[C@@H](O)[C@H](O)[C@@H]4O[C@@H]4O[C@H](CO)[C@@H](O[C@@H]5O[C@H](CO)[C@H](O)[C@H](O)[C@H]5O)[C@H](O)[C@H]4NC(C)=O)[C@@H]3O)[C@H](O)[C@H]2NC(C)=O)[C@@H](CO)O[C@H]1O. The maximum absolute atomic E-state index is 13.1. The molecule has 562 valence electrons. The van der Waals surface area contributed by atoms with Crippen molar-refractivity contribution in [1.82, 2.24) is 16.0 Å². The van der Waals surface area contributed by atoms with Crippen LogP contribution in [0, 0.1) is 0 Å². The Morgan fingerprint density at radius 1 is 0.289 bits per heavy atom. The first-order chi connectivity index (χ1) is 45.8. The molecule has 3 amide bonds. The van der Waals surface area contributed by atoms with Crippen LogP contribution in [-0.2, 0) is 85.4 Å². The first-order valence-electron chi connectivity index (χ1n) is 31.0. The molecule has 43 heteroatoms. The van der Waals surface area contributed by atoms with Crippen LogP contribution in [0.1, 0.15) is 27.7 Å². The summed E-state index contributed by atoms with van der Waals surface area (Å²) >= 11 is 0. The zero-order valence-electron chi connectivity index (χ0n) is 52.2. The van der Waals surface area contributed by atoms with E-state index >= 15 is 0 Å². The third-order valence-electron chi connectivity index (χ3n) is 17.8. The highest BCUT2D eigenvalue weighted by molar-refractivity contribution is 5.74. The van der Waals surface area contributed by atoms with Crippen LogP contribution in [0.3, 0.4) is 0 Å². The van der Waals surface area contributed by atoms with E-state index in [2.05, 4.69) is 16.0 Å². The minimum Gasteiger partial charge on any atom is -0.394 e. The van der Waals surface area contributed by atoms with Crippen LogP contribution in [0.2, 0.25) is 0 Å². The van der Waals surface area contributed by atoms with Gasteiger partial charge in [-0.1, -0.05) is 0 Å². The Labute approximate surface area is 549 Å². The molecule has 8 fully saturated rings. The summed E-state index contributed by atoms with van der Waals surface area (Å²) in [6, 6.07) is -5.51. The van der Waals surface area contributed by atoms with Crippen molar-refractivity contribution in [2.24, 2.45) is 0 Å². The monoisotopic (exact) mass is 1420 g/mol. The molecule has 8 rings (SSSR count). The van der Waals surface area contributed by atoms with Gasteiger partial charge in [0.15, 0.2) is 50.3 Å². The molecule has 8 heterocycles. The normalized spacial score (nSPS) is 49.9. The summed E-state index contributed by atoms with van der Waals surface area (Å²) in [5.41, 5.74) is 0. The number of hydrogen-bond acceptors (Lipinski definition) is 40. The number of aliphatic hydroxyl groups excluding tert-OH is 22. The van der Waals surface area contributed by atoms with Crippen LogP contribution in [0.5, 0.6) is 0 Å². The zero-order chi connectivity index (χ0) is 71.5. The molecule has 97 heavy (non-hydrogen) atoms. The fourth-order valence-electron chi connectivity index (χ4n) is 12.5. The molecule has 0 unspecified atom stereocenters. The Morgan fingerprint density at radius 2 is 0.629 bits per heavy atom. The minimum atomic E-state index is -2.47. The van der Waals surface area contributed by atoms with Crippen molar-refractivity contribution in [3.8, 4) is 0 Å². The van der Waals surface area contributed by atoms with Crippen LogP contribution in [0.25, 0.3) is 0 Å². The number of rotatable bonds is 24. The fraction of sp³-hybridized carbons (Fsp3) is 0.944. The van der Waals surface area contributed by atoms with E-state index in [0.717, 1.165) is 20.8 Å². The highest BCUT2D eigenvalue weighted by atomic mass is 16.8. The van der Waals surface area contributed by atoms with Crippen molar-refractivity contribution in [1.29, 1.82) is 0 Å². The highest BCUT2D eigenvalue weighted by Crippen LogP contribution is 2.39. The Morgan fingerprint density at radius 3 is 1.10 bits per heavy atom. The molecule has 0 aromatic carbocycles. The molecule has 0 radical (unpaired) electrons. The standard InChI is InChI=1S/C54H91N3O40/c1-12-26(67)33(74)38(79)51(84-12)95-44-25(57-15(4)66)47(82)85-21(10-63)43(44)94-48-23(55-13(2)64)31(72)42(20(9-62)89-48)93-53-40(81)45(30(71)22(91-53)11-83-50-37(78)34(75)27(68)16(5-58)86-50)96-54-46(36(77)29(70)18(7-60)88-54)97-49-24(56-14(3)65)32(73)41(19(8-61)90-49)92-52-39(80)35(76)28(69)17(6-59)87-52/h12,16-54,58-63,67-82H,5-11H2,1-4H3,(H,55,64)(H,56,65)(H,57,66)/t12-,16+,17+,18+,19+,20+,21+,22+,23+,24+,25+,26+,27+,28-,29+,30+,31+,32+,33+,34-,35-,36-,37-,38-,39+,40-,41+,42+,43+,44+,45-,46-,47+,48-,49-,50-,51-,52-,53-,54+/m0/s1. The molecule has 0 aliphatic carbocycles. The van der Waals surface area contributed by atoms with E-state index < -0.39 is 309 Å². The summed E-state index contributed by atoms with van der Waals surface area (Å²) in [6.07, 6.45) is -73.6. The van der Waals surface area contributed by atoms with Crippen LogP contribution in [-0.4, -0.2) is 422 Å². The lowest BCUT2D eigenvalue weighted by molar-refractivity contribution is -0.398. The molecular weight excluding hydrogens is 1330 g/mol. The van der Waals surface area contributed by atoms with Gasteiger partial charge < -0.3 is 199 Å². The van der Waals surface area contributed by atoms with Crippen LogP contribution >= 0.6 is 0 Å². The Kier molecular flexibility index (Phi) is 28.3. The van der Waals surface area contributed by atoms with E-state index in [1.165, 1.54) is 6.92 Å². The topological polar surface area (TPSA) is 671 Å². The number of carbonyl (C=O) groups excluding carboxylic acids is 3.